The minimum absolute atomic E-state index is 0.200. The lowest BCUT2D eigenvalue weighted by molar-refractivity contribution is -0.121. The van der Waals surface area contributed by atoms with Crippen molar-refractivity contribution in [3.8, 4) is 6.07 Å². The normalized spacial score (nSPS) is 30.5. The van der Waals surface area contributed by atoms with E-state index in [1.54, 1.807) is 31.2 Å². The molecule has 19 heavy (non-hydrogen) atoms. The Hall–Kier alpha value is -1.57. The van der Waals surface area contributed by atoms with Gasteiger partial charge in [-0.3, -0.25) is 4.79 Å². The second kappa shape index (κ2) is 4.84. The van der Waals surface area contributed by atoms with Gasteiger partial charge in [-0.25, -0.2) is 0 Å². The van der Waals surface area contributed by atoms with E-state index in [0.717, 1.165) is 0 Å². The van der Waals surface area contributed by atoms with E-state index in [0.29, 0.717) is 17.7 Å². The van der Waals surface area contributed by atoms with Crippen molar-refractivity contribution in [3.05, 3.63) is 29.8 Å². The van der Waals surface area contributed by atoms with Crippen molar-refractivity contribution >= 4 is 23.2 Å². The van der Waals surface area contributed by atoms with Gasteiger partial charge in [0, 0.05) is 5.69 Å². The Bertz CT molecular complexity index is 533. The van der Waals surface area contributed by atoms with Gasteiger partial charge in [0.05, 0.1) is 23.6 Å². The number of anilines is 1. The fraction of sp³-hybridized carbons (Fsp3) is 0.429. The summed E-state index contributed by atoms with van der Waals surface area (Å²) in [4.78, 5) is 13.8. The van der Waals surface area contributed by atoms with Gasteiger partial charge in [0.1, 0.15) is 0 Å². The number of aliphatic hydroxyl groups is 1. The van der Waals surface area contributed by atoms with Crippen molar-refractivity contribution in [1.29, 1.82) is 5.26 Å². The van der Waals surface area contributed by atoms with Gasteiger partial charge >= 0.3 is 0 Å². The first-order chi connectivity index (χ1) is 8.93. The summed E-state index contributed by atoms with van der Waals surface area (Å²) in [5.41, 5.74) is 1.18. The highest BCUT2D eigenvalue weighted by molar-refractivity contribution is 6.27. The van der Waals surface area contributed by atoms with Crippen molar-refractivity contribution in [1.82, 2.24) is 0 Å². The van der Waals surface area contributed by atoms with E-state index in [1.807, 2.05) is 13.0 Å². The van der Waals surface area contributed by atoms with Crippen LogP contribution in [0.25, 0.3) is 0 Å². The predicted molar refractivity (Wildman–Crippen MR) is 72.7 cm³/mol. The van der Waals surface area contributed by atoms with Crippen LogP contribution < -0.4 is 4.90 Å². The molecule has 3 atom stereocenters. The first kappa shape index (κ1) is 13.9. The molecule has 0 unspecified atom stereocenters. The molecule has 5 heteroatoms. The Morgan fingerprint density at radius 3 is 2.53 bits per heavy atom. The lowest BCUT2D eigenvalue weighted by Gasteiger charge is -2.29. The number of rotatable bonds is 2. The largest absolute Gasteiger partial charge is 0.372 e. The lowest BCUT2D eigenvalue weighted by atomic mass is 10.0. The predicted octanol–water partition coefficient (Wildman–Crippen LogP) is 2.25. The number of hydrogen-bond donors (Lipinski definition) is 1. The number of carbonyl (C=O) groups excluding carboxylic acids is 1. The Labute approximate surface area is 117 Å². The minimum Gasteiger partial charge on any atom is -0.372 e. The maximum absolute atomic E-state index is 12.3. The third-order valence-corrected chi connectivity index (χ3v) is 4.23. The van der Waals surface area contributed by atoms with Crippen LogP contribution in [0.15, 0.2) is 24.3 Å². The number of hydrogen-bond acceptors (Lipinski definition) is 3. The van der Waals surface area contributed by atoms with Crippen LogP contribution in [0.2, 0.25) is 0 Å². The molecule has 0 aromatic heterocycles. The molecule has 1 fully saturated rings. The Morgan fingerprint density at radius 1 is 1.47 bits per heavy atom. The summed E-state index contributed by atoms with van der Waals surface area (Å²) in [7, 11) is 0. The summed E-state index contributed by atoms with van der Waals surface area (Å²) in [6.07, 6.45) is 0.552. The van der Waals surface area contributed by atoms with E-state index in [1.165, 1.54) is 4.90 Å². The number of nitrogens with zero attached hydrogens (tertiary/aromatic N) is 2. The summed E-state index contributed by atoms with van der Waals surface area (Å²) in [5, 5.41) is 17.5. The summed E-state index contributed by atoms with van der Waals surface area (Å²) < 4.78 is 0. The SMILES string of the molecule is CC[C@@H]1N(c2ccc(C#N)cc2)C(=O)[C@H](C)[C@]1(O)Cl. The molecule has 100 valence electrons. The number of nitriles is 1. The van der Waals surface area contributed by atoms with Crippen LogP contribution >= 0.6 is 11.6 Å². The molecule has 0 radical (unpaired) electrons. The van der Waals surface area contributed by atoms with Gasteiger partial charge in [-0.1, -0.05) is 18.5 Å². The quantitative estimate of drug-likeness (QED) is 0.844. The zero-order chi connectivity index (χ0) is 14.2. The van der Waals surface area contributed by atoms with E-state index in [-0.39, 0.29) is 5.91 Å². The van der Waals surface area contributed by atoms with Gasteiger partial charge in [-0.15, -0.1) is 0 Å². The number of carbonyl (C=O) groups is 1. The van der Waals surface area contributed by atoms with E-state index in [2.05, 4.69) is 0 Å². The molecule has 1 N–H and O–H groups in total. The van der Waals surface area contributed by atoms with Crippen LogP contribution in [0.1, 0.15) is 25.8 Å². The maximum Gasteiger partial charge on any atom is 0.234 e. The minimum atomic E-state index is -1.56. The fourth-order valence-electron chi connectivity index (χ4n) is 2.48. The topological polar surface area (TPSA) is 64.3 Å². The van der Waals surface area contributed by atoms with Gasteiger partial charge < -0.3 is 10.0 Å². The molecule has 1 aromatic rings. The molecular formula is C14H15ClN2O2. The summed E-state index contributed by atoms with van der Waals surface area (Å²) in [6, 6.07) is 8.25. The van der Waals surface area contributed by atoms with Crippen LogP contribution in [0.3, 0.4) is 0 Å². The molecule has 0 bridgehead atoms. The number of alkyl halides is 1. The average molecular weight is 279 g/mol. The zero-order valence-corrected chi connectivity index (χ0v) is 11.6. The summed E-state index contributed by atoms with van der Waals surface area (Å²) in [5.74, 6) is -0.858. The third-order valence-electron chi connectivity index (χ3n) is 3.66. The second-order valence-electron chi connectivity index (χ2n) is 4.74. The highest BCUT2D eigenvalue weighted by Gasteiger charge is 2.55. The van der Waals surface area contributed by atoms with Crippen LogP contribution in [0.5, 0.6) is 0 Å². The van der Waals surface area contributed by atoms with Crippen molar-refractivity contribution in [2.24, 2.45) is 5.92 Å². The Kier molecular flexibility index (Phi) is 3.53. The molecular weight excluding hydrogens is 264 g/mol. The molecule has 0 saturated carbocycles. The van der Waals surface area contributed by atoms with Crippen molar-refractivity contribution < 1.29 is 9.90 Å². The molecule has 1 amide bonds. The summed E-state index contributed by atoms with van der Waals surface area (Å²) >= 11 is 6.12. The maximum atomic E-state index is 12.3. The van der Waals surface area contributed by atoms with Gasteiger partial charge in [0.2, 0.25) is 5.91 Å². The van der Waals surface area contributed by atoms with Crippen molar-refractivity contribution in [2.75, 3.05) is 4.90 Å². The van der Waals surface area contributed by atoms with Crippen molar-refractivity contribution in [2.45, 2.75) is 31.4 Å². The summed E-state index contributed by atoms with van der Waals surface area (Å²) in [6.45, 7) is 3.50. The third kappa shape index (κ3) is 2.09. The fourth-order valence-corrected chi connectivity index (χ4v) is 2.82. The van der Waals surface area contributed by atoms with Gasteiger partial charge in [0.25, 0.3) is 0 Å². The Balaban J connectivity index is 2.42. The second-order valence-corrected chi connectivity index (χ2v) is 5.35. The molecule has 0 aliphatic carbocycles. The highest BCUT2D eigenvalue weighted by Crippen LogP contribution is 2.42. The Morgan fingerprint density at radius 2 is 2.05 bits per heavy atom. The standard InChI is InChI=1S/C14H15ClN2O2/c1-3-12-14(15,19)9(2)13(18)17(12)11-6-4-10(8-16)5-7-11/h4-7,9,12,19H,3H2,1-2H3/t9-,12-,14+/m0/s1. The van der Waals surface area contributed by atoms with E-state index >= 15 is 0 Å². The monoisotopic (exact) mass is 278 g/mol. The van der Waals surface area contributed by atoms with Crippen LogP contribution in [-0.2, 0) is 4.79 Å². The molecule has 0 spiro atoms. The van der Waals surface area contributed by atoms with E-state index < -0.39 is 17.0 Å². The van der Waals surface area contributed by atoms with Crippen LogP contribution in [-0.4, -0.2) is 22.1 Å². The first-order valence-electron chi connectivity index (χ1n) is 6.18. The zero-order valence-electron chi connectivity index (χ0n) is 10.8. The molecule has 1 aliphatic rings. The lowest BCUT2D eigenvalue weighted by Crippen LogP contribution is -2.42. The number of halogens is 1. The molecule has 2 rings (SSSR count). The molecule has 4 nitrogen and oxygen atoms in total. The van der Waals surface area contributed by atoms with E-state index in [9.17, 15) is 9.90 Å². The average Bonchev–Trinajstić information content (AvgIpc) is 2.59. The van der Waals surface area contributed by atoms with Crippen LogP contribution in [0, 0.1) is 17.2 Å². The van der Waals surface area contributed by atoms with E-state index in [4.69, 9.17) is 16.9 Å². The van der Waals surface area contributed by atoms with Gasteiger partial charge in [-0.2, -0.15) is 5.26 Å². The van der Waals surface area contributed by atoms with Crippen LogP contribution in [0.4, 0.5) is 5.69 Å². The molecule has 1 heterocycles. The highest BCUT2D eigenvalue weighted by atomic mass is 35.5. The van der Waals surface area contributed by atoms with Gasteiger partial charge in [0.15, 0.2) is 5.06 Å². The van der Waals surface area contributed by atoms with Gasteiger partial charge in [-0.05, 0) is 37.6 Å². The smallest absolute Gasteiger partial charge is 0.234 e. The first-order valence-corrected chi connectivity index (χ1v) is 6.55. The number of amides is 1. The molecule has 1 aromatic carbocycles. The molecule has 1 saturated heterocycles. The molecule has 1 aliphatic heterocycles. The van der Waals surface area contributed by atoms with Crippen molar-refractivity contribution in [3.63, 3.8) is 0 Å². The number of benzene rings is 1.